The molecule has 0 radical (unpaired) electrons. The Morgan fingerprint density at radius 2 is 2.06 bits per heavy atom. The number of rotatable bonds is 5. The molecule has 0 fully saturated rings. The fraction of sp³-hybridized carbons (Fsp3) is 0.350. The highest BCUT2D eigenvalue weighted by atomic mass is 19.4. The Hall–Kier alpha value is -3.70. The number of amides is 1. The van der Waals surface area contributed by atoms with E-state index in [0.29, 0.717) is 29.7 Å². The molecule has 12 heteroatoms. The standard InChI is InChI=1S/C20H21F3N8O/c1-11-15-17(30(3)12(2)18(32)28-15)29-19(27-11)25-7-13-8-26-31(9-13)10-14-5-4-6-24-16(14)20(21,22)23/h4-6,8-9,12H,7,10H2,1-3H3,(H,28,32)(H,25,27,29). The van der Waals surface area contributed by atoms with Crippen LogP contribution in [0.25, 0.3) is 0 Å². The second kappa shape index (κ2) is 8.09. The molecule has 3 aromatic heterocycles. The molecular weight excluding hydrogens is 425 g/mol. The number of fused-ring (bicyclic) bond motifs is 1. The molecule has 1 amide bonds. The summed E-state index contributed by atoms with van der Waals surface area (Å²) in [6.45, 7) is 3.83. The Morgan fingerprint density at radius 3 is 2.81 bits per heavy atom. The van der Waals surface area contributed by atoms with Crippen molar-refractivity contribution >= 4 is 23.4 Å². The number of hydrogen-bond acceptors (Lipinski definition) is 7. The van der Waals surface area contributed by atoms with Crippen LogP contribution in [-0.4, -0.2) is 43.7 Å². The van der Waals surface area contributed by atoms with Crippen molar-refractivity contribution in [3.05, 3.63) is 53.2 Å². The smallest absolute Gasteiger partial charge is 0.350 e. The molecule has 0 bridgehead atoms. The Kier molecular flexibility index (Phi) is 5.45. The van der Waals surface area contributed by atoms with Gasteiger partial charge in [0.25, 0.3) is 0 Å². The number of aromatic nitrogens is 5. The molecule has 3 aromatic rings. The lowest BCUT2D eigenvalue weighted by molar-refractivity contribution is -0.141. The molecule has 0 spiro atoms. The third-order valence-corrected chi connectivity index (χ3v) is 5.24. The number of likely N-dealkylation sites (N-methyl/N-ethyl adjacent to an activating group) is 1. The second-order valence-electron chi connectivity index (χ2n) is 7.52. The van der Waals surface area contributed by atoms with Crippen molar-refractivity contribution in [3.63, 3.8) is 0 Å². The first-order valence-electron chi connectivity index (χ1n) is 9.82. The third kappa shape index (κ3) is 4.20. The van der Waals surface area contributed by atoms with Crippen molar-refractivity contribution in [2.75, 3.05) is 22.6 Å². The highest BCUT2D eigenvalue weighted by molar-refractivity contribution is 6.03. The van der Waals surface area contributed by atoms with Crippen LogP contribution in [0, 0.1) is 6.92 Å². The van der Waals surface area contributed by atoms with Crippen LogP contribution in [-0.2, 0) is 24.1 Å². The molecule has 1 unspecified atom stereocenters. The van der Waals surface area contributed by atoms with Gasteiger partial charge in [0.2, 0.25) is 11.9 Å². The van der Waals surface area contributed by atoms with Gasteiger partial charge in [-0.1, -0.05) is 6.07 Å². The number of hydrogen-bond donors (Lipinski definition) is 2. The van der Waals surface area contributed by atoms with E-state index in [9.17, 15) is 18.0 Å². The van der Waals surface area contributed by atoms with E-state index in [2.05, 4.69) is 30.7 Å². The van der Waals surface area contributed by atoms with Gasteiger partial charge >= 0.3 is 6.18 Å². The highest BCUT2D eigenvalue weighted by Gasteiger charge is 2.35. The molecule has 1 atom stereocenters. The van der Waals surface area contributed by atoms with Crippen LogP contribution >= 0.6 is 0 Å². The molecule has 1 aliphatic heterocycles. The average molecular weight is 446 g/mol. The average Bonchev–Trinajstić information content (AvgIpc) is 3.18. The SMILES string of the molecule is Cc1nc(NCc2cnn(Cc3cccnc3C(F)(F)F)c2)nc2c1NC(=O)C(C)N2C. The molecule has 4 rings (SSSR count). The maximum Gasteiger partial charge on any atom is 0.433 e. The van der Waals surface area contributed by atoms with Gasteiger partial charge in [0.15, 0.2) is 5.82 Å². The van der Waals surface area contributed by atoms with Gasteiger partial charge in [-0.3, -0.25) is 14.5 Å². The summed E-state index contributed by atoms with van der Waals surface area (Å²) in [5.74, 6) is 0.858. The predicted octanol–water partition coefficient (Wildman–Crippen LogP) is 2.83. The van der Waals surface area contributed by atoms with Crippen molar-refractivity contribution in [3.8, 4) is 0 Å². The topological polar surface area (TPSA) is 101 Å². The lowest BCUT2D eigenvalue weighted by Gasteiger charge is -2.32. The van der Waals surface area contributed by atoms with Crippen LogP contribution in [0.4, 0.5) is 30.6 Å². The second-order valence-corrected chi connectivity index (χ2v) is 7.52. The first-order valence-corrected chi connectivity index (χ1v) is 9.82. The monoisotopic (exact) mass is 446 g/mol. The van der Waals surface area contributed by atoms with E-state index >= 15 is 0 Å². The van der Waals surface area contributed by atoms with E-state index in [1.54, 1.807) is 38.2 Å². The summed E-state index contributed by atoms with van der Waals surface area (Å²) in [4.78, 5) is 26.1. The zero-order valence-corrected chi connectivity index (χ0v) is 17.6. The summed E-state index contributed by atoms with van der Waals surface area (Å²) < 4.78 is 40.9. The normalized spacial score (nSPS) is 16.0. The molecule has 0 saturated heterocycles. The quantitative estimate of drug-likeness (QED) is 0.622. The van der Waals surface area contributed by atoms with Crippen LogP contribution in [0.1, 0.15) is 29.4 Å². The van der Waals surface area contributed by atoms with E-state index < -0.39 is 11.9 Å². The number of aryl methyl sites for hydroxylation is 1. The van der Waals surface area contributed by atoms with Gasteiger partial charge in [0.05, 0.1) is 18.4 Å². The van der Waals surface area contributed by atoms with Crippen LogP contribution < -0.4 is 15.5 Å². The summed E-state index contributed by atoms with van der Waals surface area (Å²) in [5, 5.41) is 10.1. The van der Waals surface area contributed by atoms with Crippen LogP contribution in [0.2, 0.25) is 0 Å². The van der Waals surface area contributed by atoms with Crippen LogP contribution in [0.3, 0.4) is 0 Å². The minimum Gasteiger partial charge on any atom is -0.350 e. The van der Waals surface area contributed by atoms with Crippen molar-refractivity contribution in [2.45, 2.75) is 39.2 Å². The van der Waals surface area contributed by atoms with Crippen molar-refractivity contribution in [2.24, 2.45) is 0 Å². The molecule has 4 heterocycles. The fourth-order valence-corrected chi connectivity index (χ4v) is 3.39. The minimum absolute atomic E-state index is 0.0375. The Labute approximate surface area is 181 Å². The maximum atomic E-state index is 13.1. The number of pyridine rings is 1. The molecular formula is C20H21F3N8O. The number of carbonyl (C=O) groups is 1. The van der Waals surface area contributed by atoms with Crippen LogP contribution in [0.5, 0.6) is 0 Å². The Bertz CT molecular complexity index is 1160. The van der Waals surface area contributed by atoms with E-state index in [-0.39, 0.29) is 24.1 Å². The van der Waals surface area contributed by atoms with Crippen molar-refractivity contribution in [1.29, 1.82) is 0 Å². The molecule has 0 saturated carbocycles. The summed E-state index contributed by atoms with van der Waals surface area (Å²) >= 11 is 0. The van der Waals surface area contributed by atoms with Gasteiger partial charge in [-0.25, -0.2) is 4.98 Å². The largest absolute Gasteiger partial charge is 0.433 e. The van der Waals surface area contributed by atoms with E-state index in [1.165, 1.54) is 16.8 Å². The summed E-state index contributed by atoms with van der Waals surface area (Å²) in [6.07, 6.45) is -0.189. The van der Waals surface area contributed by atoms with Crippen molar-refractivity contribution < 1.29 is 18.0 Å². The van der Waals surface area contributed by atoms with E-state index in [1.807, 2.05) is 0 Å². The molecule has 0 aliphatic carbocycles. The fourth-order valence-electron chi connectivity index (χ4n) is 3.39. The maximum absolute atomic E-state index is 13.1. The molecule has 32 heavy (non-hydrogen) atoms. The van der Waals surface area contributed by atoms with Gasteiger partial charge in [-0.15, -0.1) is 0 Å². The van der Waals surface area contributed by atoms with Gasteiger partial charge in [0.1, 0.15) is 17.4 Å². The highest BCUT2D eigenvalue weighted by Crippen LogP contribution is 2.32. The molecule has 1 aliphatic rings. The van der Waals surface area contributed by atoms with E-state index in [0.717, 1.165) is 11.8 Å². The number of halogens is 3. The number of nitrogens with one attached hydrogen (secondary N) is 2. The Morgan fingerprint density at radius 1 is 1.28 bits per heavy atom. The van der Waals surface area contributed by atoms with Gasteiger partial charge in [-0.05, 0) is 19.9 Å². The zero-order valence-electron chi connectivity index (χ0n) is 17.6. The summed E-state index contributed by atoms with van der Waals surface area (Å²) in [7, 11) is 1.79. The van der Waals surface area contributed by atoms with E-state index in [4.69, 9.17) is 0 Å². The molecule has 9 nitrogen and oxygen atoms in total. The lowest BCUT2D eigenvalue weighted by Crippen LogP contribution is -2.44. The number of anilines is 3. The minimum atomic E-state index is -4.53. The van der Waals surface area contributed by atoms with Crippen molar-refractivity contribution in [1.82, 2.24) is 24.7 Å². The van der Waals surface area contributed by atoms with Gasteiger partial charge < -0.3 is 15.5 Å². The summed E-state index contributed by atoms with van der Waals surface area (Å²) in [6, 6.07) is 2.49. The predicted molar refractivity (Wildman–Crippen MR) is 111 cm³/mol. The van der Waals surface area contributed by atoms with Crippen LogP contribution in [0.15, 0.2) is 30.7 Å². The third-order valence-electron chi connectivity index (χ3n) is 5.24. The van der Waals surface area contributed by atoms with Gasteiger partial charge in [0, 0.05) is 37.1 Å². The number of alkyl halides is 3. The number of nitrogens with zero attached hydrogens (tertiary/aromatic N) is 6. The first kappa shape index (κ1) is 21.5. The summed E-state index contributed by atoms with van der Waals surface area (Å²) in [5.41, 5.74) is 1.06. The van der Waals surface area contributed by atoms with Gasteiger partial charge in [-0.2, -0.15) is 23.3 Å². The molecule has 2 N–H and O–H groups in total. The molecule has 0 aromatic carbocycles. The Balaban J connectivity index is 1.47. The lowest BCUT2D eigenvalue weighted by atomic mass is 10.2. The molecule has 168 valence electrons. The zero-order chi connectivity index (χ0) is 23.0. The first-order chi connectivity index (χ1) is 15.1. The number of carbonyl (C=O) groups excluding carboxylic acids is 1.